The molecule has 0 bridgehead atoms. The third kappa shape index (κ3) is 5.03. The van der Waals surface area contributed by atoms with E-state index in [-0.39, 0.29) is 25.2 Å². The zero-order valence-electron chi connectivity index (χ0n) is 16.4. The van der Waals surface area contributed by atoms with E-state index in [0.717, 1.165) is 22.4 Å². The van der Waals surface area contributed by atoms with Gasteiger partial charge < -0.3 is 19.3 Å². The predicted molar refractivity (Wildman–Crippen MR) is 106 cm³/mol. The minimum absolute atomic E-state index is 0.00273. The Hall–Kier alpha value is -3.02. The SMILES string of the molecule is Cc1cccc(OCC(=O)N2CCN(C(=O)OCc3ccccc3)CC2)c1C. The van der Waals surface area contributed by atoms with Gasteiger partial charge in [0.2, 0.25) is 0 Å². The number of amides is 2. The van der Waals surface area contributed by atoms with Crippen LogP contribution < -0.4 is 4.74 Å². The number of rotatable bonds is 5. The number of ether oxygens (including phenoxy) is 2. The van der Waals surface area contributed by atoms with Gasteiger partial charge >= 0.3 is 6.09 Å². The highest BCUT2D eigenvalue weighted by atomic mass is 16.6. The van der Waals surface area contributed by atoms with E-state index in [4.69, 9.17) is 9.47 Å². The van der Waals surface area contributed by atoms with E-state index in [1.807, 2.05) is 62.4 Å². The molecule has 0 aromatic heterocycles. The summed E-state index contributed by atoms with van der Waals surface area (Å²) in [5.41, 5.74) is 3.13. The van der Waals surface area contributed by atoms with Crippen LogP contribution in [0, 0.1) is 13.8 Å². The highest BCUT2D eigenvalue weighted by Crippen LogP contribution is 2.20. The van der Waals surface area contributed by atoms with Gasteiger partial charge in [-0.2, -0.15) is 0 Å². The lowest BCUT2D eigenvalue weighted by molar-refractivity contribution is -0.135. The molecule has 3 rings (SSSR count). The Labute approximate surface area is 165 Å². The molecule has 1 fully saturated rings. The fourth-order valence-electron chi connectivity index (χ4n) is 3.06. The van der Waals surface area contributed by atoms with Gasteiger partial charge in [0.25, 0.3) is 5.91 Å². The molecule has 0 saturated carbocycles. The molecule has 148 valence electrons. The normalized spacial score (nSPS) is 13.9. The highest BCUT2D eigenvalue weighted by Gasteiger charge is 2.25. The van der Waals surface area contributed by atoms with Crippen molar-refractivity contribution in [3.05, 3.63) is 65.2 Å². The molecule has 2 aromatic rings. The van der Waals surface area contributed by atoms with Crippen LogP contribution in [0.4, 0.5) is 4.79 Å². The number of carbonyl (C=O) groups is 2. The summed E-state index contributed by atoms with van der Waals surface area (Å²) in [5.74, 6) is 0.662. The van der Waals surface area contributed by atoms with E-state index in [1.165, 1.54) is 0 Å². The Bertz CT molecular complexity index is 815. The predicted octanol–water partition coefficient (Wildman–Crippen LogP) is 3.16. The number of piperazine rings is 1. The van der Waals surface area contributed by atoms with Crippen LogP contribution in [0.1, 0.15) is 16.7 Å². The van der Waals surface area contributed by atoms with Gasteiger partial charge in [-0.05, 0) is 36.6 Å². The van der Waals surface area contributed by atoms with Gasteiger partial charge in [0.1, 0.15) is 12.4 Å². The van der Waals surface area contributed by atoms with Crippen LogP contribution >= 0.6 is 0 Å². The molecule has 0 radical (unpaired) electrons. The van der Waals surface area contributed by atoms with Gasteiger partial charge in [-0.15, -0.1) is 0 Å². The van der Waals surface area contributed by atoms with Crippen molar-refractivity contribution in [1.29, 1.82) is 0 Å². The smallest absolute Gasteiger partial charge is 0.410 e. The summed E-state index contributed by atoms with van der Waals surface area (Å²) in [5, 5.41) is 0. The Morgan fingerprint density at radius 3 is 2.29 bits per heavy atom. The van der Waals surface area contributed by atoms with Crippen molar-refractivity contribution < 1.29 is 19.1 Å². The van der Waals surface area contributed by atoms with Crippen molar-refractivity contribution in [2.75, 3.05) is 32.8 Å². The number of carbonyl (C=O) groups excluding carboxylic acids is 2. The molecule has 2 amide bonds. The van der Waals surface area contributed by atoms with Gasteiger partial charge in [-0.3, -0.25) is 4.79 Å². The number of hydrogen-bond acceptors (Lipinski definition) is 4. The monoisotopic (exact) mass is 382 g/mol. The van der Waals surface area contributed by atoms with Crippen molar-refractivity contribution in [2.24, 2.45) is 0 Å². The van der Waals surface area contributed by atoms with Gasteiger partial charge in [0.15, 0.2) is 6.61 Å². The Kier molecular flexibility index (Phi) is 6.53. The van der Waals surface area contributed by atoms with Gasteiger partial charge in [0, 0.05) is 26.2 Å². The van der Waals surface area contributed by atoms with Gasteiger partial charge in [-0.25, -0.2) is 4.79 Å². The molecule has 6 heteroatoms. The molecule has 1 aliphatic heterocycles. The molecule has 1 saturated heterocycles. The topological polar surface area (TPSA) is 59.1 Å². The average Bonchev–Trinajstić information content (AvgIpc) is 2.73. The number of nitrogens with zero attached hydrogens (tertiary/aromatic N) is 2. The first-order chi connectivity index (χ1) is 13.5. The standard InChI is InChI=1S/C22H26N2O4/c1-17-7-6-10-20(18(17)2)27-16-21(25)23-11-13-24(14-12-23)22(26)28-15-19-8-4-3-5-9-19/h3-10H,11-16H2,1-2H3. The first-order valence-corrected chi connectivity index (χ1v) is 9.47. The molecule has 1 aliphatic rings. The maximum atomic E-state index is 12.4. The summed E-state index contributed by atoms with van der Waals surface area (Å²) in [6.45, 7) is 6.14. The average molecular weight is 382 g/mol. The lowest BCUT2D eigenvalue weighted by Gasteiger charge is -2.34. The second-order valence-electron chi connectivity index (χ2n) is 6.89. The second-order valence-corrected chi connectivity index (χ2v) is 6.89. The van der Waals surface area contributed by atoms with Gasteiger partial charge in [-0.1, -0.05) is 42.5 Å². The minimum atomic E-state index is -0.345. The van der Waals surface area contributed by atoms with E-state index in [9.17, 15) is 9.59 Å². The maximum Gasteiger partial charge on any atom is 0.410 e. The summed E-state index contributed by atoms with van der Waals surface area (Å²) in [4.78, 5) is 28.0. The Balaban J connectivity index is 1.42. The van der Waals surface area contributed by atoms with Crippen molar-refractivity contribution in [2.45, 2.75) is 20.5 Å². The number of benzene rings is 2. The molecule has 1 heterocycles. The van der Waals surface area contributed by atoms with Crippen LogP contribution in [0.3, 0.4) is 0 Å². The molecule has 28 heavy (non-hydrogen) atoms. The maximum absolute atomic E-state index is 12.4. The van der Waals surface area contributed by atoms with Crippen LogP contribution in [-0.2, 0) is 16.1 Å². The quantitative estimate of drug-likeness (QED) is 0.797. The Morgan fingerprint density at radius 2 is 1.57 bits per heavy atom. The van der Waals surface area contributed by atoms with Gasteiger partial charge in [0.05, 0.1) is 0 Å². The summed E-state index contributed by atoms with van der Waals surface area (Å²) in [6, 6.07) is 15.4. The van der Waals surface area contributed by atoms with Crippen LogP contribution in [0.5, 0.6) is 5.75 Å². The molecule has 0 aliphatic carbocycles. The molecule has 0 unspecified atom stereocenters. The van der Waals surface area contributed by atoms with E-state index < -0.39 is 0 Å². The zero-order chi connectivity index (χ0) is 19.9. The largest absolute Gasteiger partial charge is 0.483 e. The molecule has 0 atom stereocenters. The highest BCUT2D eigenvalue weighted by molar-refractivity contribution is 5.78. The van der Waals surface area contributed by atoms with Crippen LogP contribution in [0.25, 0.3) is 0 Å². The molecule has 2 aromatic carbocycles. The molecular weight excluding hydrogens is 356 g/mol. The number of hydrogen-bond donors (Lipinski definition) is 0. The van der Waals surface area contributed by atoms with E-state index >= 15 is 0 Å². The summed E-state index contributed by atoms with van der Waals surface area (Å²) in [7, 11) is 0. The van der Waals surface area contributed by atoms with Crippen molar-refractivity contribution >= 4 is 12.0 Å². The fraction of sp³-hybridized carbons (Fsp3) is 0.364. The Morgan fingerprint density at radius 1 is 0.893 bits per heavy atom. The second kappa shape index (κ2) is 9.26. The third-order valence-corrected chi connectivity index (χ3v) is 5.00. The van der Waals surface area contributed by atoms with Crippen molar-refractivity contribution in [1.82, 2.24) is 9.80 Å². The lowest BCUT2D eigenvalue weighted by Crippen LogP contribution is -2.51. The summed E-state index contributed by atoms with van der Waals surface area (Å²) < 4.78 is 11.0. The van der Waals surface area contributed by atoms with Crippen LogP contribution in [0.15, 0.2) is 48.5 Å². The third-order valence-electron chi connectivity index (χ3n) is 5.00. The summed E-state index contributed by atoms with van der Waals surface area (Å²) >= 11 is 0. The fourth-order valence-corrected chi connectivity index (χ4v) is 3.06. The van der Waals surface area contributed by atoms with Crippen molar-refractivity contribution in [3.8, 4) is 5.75 Å². The lowest BCUT2D eigenvalue weighted by atomic mass is 10.1. The van der Waals surface area contributed by atoms with E-state index in [1.54, 1.807) is 9.80 Å². The number of aryl methyl sites for hydroxylation is 1. The van der Waals surface area contributed by atoms with Crippen LogP contribution in [0.2, 0.25) is 0 Å². The first kappa shape index (κ1) is 19.7. The molecular formula is C22H26N2O4. The summed E-state index contributed by atoms with van der Waals surface area (Å²) in [6.07, 6.45) is -0.345. The van der Waals surface area contributed by atoms with E-state index in [2.05, 4.69) is 0 Å². The van der Waals surface area contributed by atoms with Crippen LogP contribution in [-0.4, -0.2) is 54.6 Å². The molecule has 6 nitrogen and oxygen atoms in total. The molecule has 0 spiro atoms. The van der Waals surface area contributed by atoms with E-state index in [0.29, 0.717) is 26.2 Å². The van der Waals surface area contributed by atoms with Crippen molar-refractivity contribution in [3.63, 3.8) is 0 Å². The first-order valence-electron chi connectivity index (χ1n) is 9.47. The molecule has 0 N–H and O–H groups in total. The zero-order valence-corrected chi connectivity index (χ0v) is 16.4. The minimum Gasteiger partial charge on any atom is -0.483 e.